The molecule has 0 aliphatic carbocycles. The van der Waals surface area contributed by atoms with Gasteiger partial charge in [-0.25, -0.2) is 0 Å². The van der Waals surface area contributed by atoms with E-state index in [4.69, 9.17) is 0 Å². The summed E-state index contributed by atoms with van der Waals surface area (Å²) in [6.45, 7) is 11.5. The molecule has 0 aromatic carbocycles. The SMILES string of the molecule is CC(N)=O.CCCCCCCC(=O)NCCNC(C)(C)C. The molecule has 0 rings (SSSR count). The van der Waals surface area contributed by atoms with E-state index in [0.717, 1.165) is 19.5 Å². The molecule has 0 saturated heterocycles. The third kappa shape index (κ3) is 27.9. The second-order valence-electron chi connectivity index (χ2n) is 6.30. The van der Waals surface area contributed by atoms with Crippen LogP contribution in [0, 0.1) is 0 Å². The van der Waals surface area contributed by atoms with E-state index in [1.54, 1.807) is 0 Å². The van der Waals surface area contributed by atoms with E-state index in [9.17, 15) is 9.59 Å². The maximum atomic E-state index is 11.5. The van der Waals surface area contributed by atoms with Gasteiger partial charge in [-0.1, -0.05) is 32.6 Å². The van der Waals surface area contributed by atoms with Crippen LogP contribution in [0.15, 0.2) is 0 Å². The predicted molar refractivity (Wildman–Crippen MR) is 89.0 cm³/mol. The van der Waals surface area contributed by atoms with Gasteiger partial charge in [-0.15, -0.1) is 0 Å². The highest BCUT2D eigenvalue weighted by atomic mass is 16.1. The van der Waals surface area contributed by atoms with Gasteiger partial charge < -0.3 is 16.4 Å². The third-order valence-electron chi connectivity index (χ3n) is 2.61. The highest BCUT2D eigenvalue weighted by Gasteiger charge is 2.07. The molecule has 0 fully saturated rings. The van der Waals surface area contributed by atoms with Crippen molar-refractivity contribution >= 4 is 11.8 Å². The quantitative estimate of drug-likeness (QED) is 0.571. The summed E-state index contributed by atoms with van der Waals surface area (Å²) >= 11 is 0. The lowest BCUT2D eigenvalue weighted by molar-refractivity contribution is -0.121. The average molecular weight is 301 g/mol. The van der Waals surface area contributed by atoms with Crippen molar-refractivity contribution in [1.29, 1.82) is 0 Å². The van der Waals surface area contributed by atoms with Gasteiger partial charge in [-0.2, -0.15) is 0 Å². The zero-order valence-electron chi connectivity index (χ0n) is 14.6. The molecule has 0 aromatic heterocycles. The zero-order valence-corrected chi connectivity index (χ0v) is 14.6. The van der Waals surface area contributed by atoms with Crippen molar-refractivity contribution in [3.05, 3.63) is 0 Å². The smallest absolute Gasteiger partial charge is 0.220 e. The number of unbranched alkanes of at least 4 members (excludes halogenated alkanes) is 4. The Balaban J connectivity index is 0. The molecule has 0 saturated carbocycles. The van der Waals surface area contributed by atoms with Crippen molar-refractivity contribution in [2.75, 3.05) is 13.1 Å². The first-order valence-corrected chi connectivity index (χ1v) is 7.96. The first kappa shape index (κ1) is 22.2. The Morgan fingerprint density at radius 2 is 1.52 bits per heavy atom. The molecular formula is C16H35N3O2. The second-order valence-corrected chi connectivity index (χ2v) is 6.30. The van der Waals surface area contributed by atoms with Crippen LogP contribution in [0.4, 0.5) is 0 Å². The van der Waals surface area contributed by atoms with Crippen molar-refractivity contribution in [3.63, 3.8) is 0 Å². The number of hydrogen-bond donors (Lipinski definition) is 3. The van der Waals surface area contributed by atoms with Crippen LogP contribution in [0.25, 0.3) is 0 Å². The molecule has 0 aliphatic heterocycles. The third-order valence-corrected chi connectivity index (χ3v) is 2.61. The molecule has 0 aromatic rings. The van der Waals surface area contributed by atoms with E-state index in [2.05, 4.69) is 44.1 Å². The van der Waals surface area contributed by atoms with Crippen LogP contribution in [-0.4, -0.2) is 30.4 Å². The van der Waals surface area contributed by atoms with Gasteiger partial charge >= 0.3 is 0 Å². The van der Waals surface area contributed by atoms with Gasteiger partial charge in [-0.3, -0.25) is 9.59 Å². The summed E-state index contributed by atoms with van der Waals surface area (Å²) < 4.78 is 0. The maximum absolute atomic E-state index is 11.5. The number of primary amides is 1. The summed E-state index contributed by atoms with van der Waals surface area (Å²) in [5, 5.41) is 6.29. The molecule has 5 nitrogen and oxygen atoms in total. The molecule has 0 bridgehead atoms. The van der Waals surface area contributed by atoms with Crippen molar-refractivity contribution in [3.8, 4) is 0 Å². The Morgan fingerprint density at radius 3 is 2.00 bits per heavy atom. The summed E-state index contributed by atoms with van der Waals surface area (Å²) in [7, 11) is 0. The van der Waals surface area contributed by atoms with Crippen molar-refractivity contribution in [1.82, 2.24) is 10.6 Å². The lowest BCUT2D eigenvalue weighted by atomic mass is 10.1. The number of nitrogens with two attached hydrogens (primary N) is 1. The molecule has 4 N–H and O–H groups in total. The number of hydrogen-bond acceptors (Lipinski definition) is 3. The Kier molecular flexibility index (Phi) is 14.6. The number of carbonyl (C=O) groups excluding carboxylic acids is 2. The molecule has 0 aliphatic rings. The van der Waals surface area contributed by atoms with E-state index in [-0.39, 0.29) is 17.4 Å². The van der Waals surface area contributed by atoms with Gasteiger partial charge in [-0.05, 0) is 27.2 Å². The van der Waals surface area contributed by atoms with Crippen LogP contribution in [-0.2, 0) is 9.59 Å². The first-order chi connectivity index (χ1) is 9.69. The molecule has 2 amide bonds. The molecule has 5 heteroatoms. The zero-order chi connectivity index (χ0) is 16.7. The molecular weight excluding hydrogens is 266 g/mol. The predicted octanol–water partition coefficient (Wildman–Crippen LogP) is 2.34. The van der Waals surface area contributed by atoms with Gasteiger partial charge in [0.05, 0.1) is 0 Å². The molecule has 126 valence electrons. The number of nitrogens with one attached hydrogen (secondary N) is 2. The summed E-state index contributed by atoms with van der Waals surface area (Å²) in [5.41, 5.74) is 4.60. The molecule has 0 unspecified atom stereocenters. The summed E-state index contributed by atoms with van der Waals surface area (Å²) in [4.78, 5) is 20.7. The monoisotopic (exact) mass is 301 g/mol. The van der Waals surface area contributed by atoms with Gasteiger partial charge in [0.15, 0.2) is 0 Å². The minimum Gasteiger partial charge on any atom is -0.370 e. The topological polar surface area (TPSA) is 84.2 Å². The van der Waals surface area contributed by atoms with E-state index >= 15 is 0 Å². The van der Waals surface area contributed by atoms with Crippen molar-refractivity contribution in [2.24, 2.45) is 5.73 Å². The normalized spacial score (nSPS) is 10.5. The average Bonchev–Trinajstić information content (AvgIpc) is 2.32. The van der Waals surface area contributed by atoms with E-state index in [1.165, 1.54) is 32.6 Å². The van der Waals surface area contributed by atoms with E-state index in [0.29, 0.717) is 6.42 Å². The summed E-state index contributed by atoms with van der Waals surface area (Å²) in [5.74, 6) is -0.141. The fourth-order valence-electron chi connectivity index (χ4n) is 1.62. The highest BCUT2D eigenvalue weighted by molar-refractivity contribution is 5.75. The first-order valence-electron chi connectivity index (χ1n) is 7.96. The fraction of sp³-hybridized carbons (Fsp3) is 0.875. The Hall–Kier alpha value is -1.10. The van der Waals surface area contributed by atoms with Gasteiger partial charge in [0, 0.05) is 32.0 Å². The Bertz CT molecular complexity index is 269. The van der Waals surface area contributed by atoms with Crippen LogP contribution in [0.1, 0.15) is 73.1 Å². The number of amides is 2. The van der Waals surface area contributed by atoms with Gasteiger partial charge in [0.25, 0.3) is 0 Å². The van der Waals surface area contributed by atoms with Crippen LogP contribution >= 0.6 is 0 Å². The van der Waals surface area contributed by atoms with E-state index in [1.807, 2.05) is 0 Å². The van der Waals surface area contributed by atoms with Crippen LogP contribution in [0.3, 0.4) is 0 Å². The van der Waals surface area contributed by atoms with Gasteiger partial charge in [0.2, 0.25) is 11.8 Å². The lowest BCUT2D eigenvalue weighted by Crippen LogP contribution is -2.41. The molecule has 0 heterocycles. The molecule has 0 radical (unpaired) electrons. The maximum Gasteiger partial charge on any atom is 0.220 e. The molecule has 0 atom stereocenters. The van der Waals surface area contributed by atoms with E-state index < -0.39 is 0 Å². The Morgan fingerprint density at radius 1 is 1.00 bits per heavy atom. The standard InChI is InChI=1S/C14H30N2O.C2H5NO/c1-5-6-7-8-9-10-13(17)15-11-12-16-14(2,3)4;1-2(3)4/h16H,5-12H2,1-4H3,(H,15,17);1H3,(H2,3,4). The van der Waals surface area contributed by atoms with Crippen LogP contribution < -0.4 is 16.4 Å². The van der Waals surface area contributed by atoms with Crippen molar-refractivity contribution < 1.29 is 9.59 Å². The Labute approximate surface area is 130 Å². The largest absolute Gasteiger partial charge is 0.370 e. The number of rotatable bonds is 9. The van der Waals surface area contributed by atoms with Crippen LogP contribution in [0.2, 0.25) is 0 Å². The minimum absolute atomic E-state index is 0.130. The second kappa shape index (κ2) is 13.9. The highest BCUT2D eigenvalue weighted by Crippen LogP contribution is 2.04. The fourth-order valence-corrected chi connectivity index (χ4v) is 1.62. The molecule has 21 heavy (non-hydrogen) atoms. The minimum atomic E-state index is -0.333. The number of carbonyl (C=O) groups is 2. The molecule has 0 spiro atoms. The summed E-state index contributed by atoms with van der Waals surface area (Å²) in [6.07, 6.45) is 6.69. The summed E-state index contributed by atoms with van der Waals surface area (Å²) in [6, 6.07) is 0. The lowest BCUT2D eigenvalue weighted by Gasteiger charge is -2.20. The van der Waals surface area contributed by atoms with Crippen LogP contribution in [0.5, 0.6) is 0 Å². The van der Waals surface area contributed by atoms with Crippen molar-refractivity contribution in [2.45, 2.75) is 78.7 Å². The van der Waals surface area contributed by atoms with Gasteiger partial charge in [0.1, 0.15) is 0 Å².